The predicted molar refractivity (Wildman–Crippen MR) is 96.3 cm³/mol. The van der Waals surface area contributed by atoms with E-state index in [4.69, 9.17) is 16.3 Å². The molecule has 0 unspecified atom stereocenters. The molecular formula is C18H19ClFNO2S. The number of hydrogen-bond acceptors (Lipinski definition) is 3. The Morgan fingerprint density at radius 2 is 1.88 bits per heavy atom. The number of halogens is 2. The lowest BCUT2D eigenvalue weighted by atomic mass is 10.3. The van der Waals surface area contributed by atoms with Crippen molar-refractivity contribution < 1.29 is 13.9 Å². The molecule has 1 amide bonds. The van der Waals surface area contributed by atoms with Gasteiger partial charge in [-0.2, -0.15) is 0 Å². The van der Waals surface area contributed by atoms with Crippen LogP contribution in [0.15, 0.2) is 53.4 Å². The number of rotatable bonds is 8. The van der Waals surface area contributed by atoms with Crippen LogP contribution in [0.3, 0.4) is 0 Å². The van der Waals surface area contributed by atoms with E-state index in [1.807, 2.05) is 31.2 Å². The summed E-state index contributed by atoms with van der Waals surface area (Å²) in [6.07, 6.45) is 0.720. The summed E-state index contributed by atoms with van der Waals surface area (Å²) < 4.78 is 18.2. The fourth-order valence-electron chi connectivity index (χ4n) is 1.99. The molecule has 1 N–H and O–H groups in total. The van der Waals surface area contributed by atoms with E-state index in [-0.39, 0.29) is 17.0 Å². The molecule has 2 aromatic rings. The third kappa shape index (κ3) is 6.06. The molecule has 0 radical (unpaired) electrons. The summed E-state index contributed by atoms with van der Waals surface area (Å²) in [5.74, 6) is 0.244. The number of hydrogen-bond donors (Lipinski definition) is 1. The van der Waals surface area contributed by atoms with E-state index in [1.54, 1.807) is 12.1 Å². The number of benzene rings is 2. The standard InChI is InChI=1S/C18H19ClFNO2S/c1-2-17(24-16-9-3-13(19)4-10-16)18(22)21-11-12-23-15-7-5-14(20)6-8-15/h3-10,17H,2,11-12H2,1H3,(H,21,22)/t17-/m0/s1. The van der Waals surface area contributed by atoms with Crippen molar-refractivity contribution in [3.05, 3.63) is 59.4 Å². The fourth-order valence-corrected chi connectivity index (χ4v) is 3.09. The highest BCUT2D eigenvalue weighted by Crippen LogP contribution is 2.26. The summed E-state index contributed by atoms with van der Waals surface area (Å²) in [5, 5.41) is 3.37. The van der Waals surface area contributed by atoms with Crippen molar-refractivity contribution in [2.24, 2.45) is 0 Å². The molecule has 0 saturated heterocycles. The molecule has 1 atom stereocenters. The smallest absolute Gasteiger partial charge is 0.233 e. The van der Waals surface area contributed by atoms with Crippen LogP contribution in [-0.4, -0.2) is 24.3 Å². The molecule has 0 heterocycles. The maximum absolute atomic E-state index is 12.8. The Hall–Kier alpha value is -1.72. The van der Waals surface area contributed by atoms with Crippen molar-refractivity contribution in [2.45, 2.75) is 23.5 Å². The van der Waals surface area contributed by atoms with Crippen LogP contribution in [0.4, 0.5) is 4.39 Å². The summed E-state index contributed by atoms with van der Waals surface area (Å²) in [5.41, 5.74) is 0. The Bertz CT molecular complexity index is 649. The van der Waals surface area contributed by atoms with Crippen LogP contribution in [0, 0.1) is 5.82 Å². The highest BCUT2D eigenvalue weighted by Gasteiger charge is 2.17. The quantitative estimate of drug-likeness (QED) is 0.549. The van der Waals surface area contributed by atoms with E-state index in [2.05, 4.69) is 5.32 Å². The van der Waals surface area contributed by atoms with E-state index in [1.165, 1.54) is 23.9 Å². The highest BCUT2D eigenvalue weighted by molar-refractivity contribution is 8.00. The molecule has 0 spiro atoms. The lowest BCUT2D eigenvalue weighted by Gasteiger charge is -2.15. The van der Waals surface area contributed by atoms with E-state index < -0.39 is 0 Å². The zero-order chi connectivity index (χ0) is 17.4. The normalized spacial score (nSPS) is 11.8. The second-order valence-electron chi connectivity index (χ2n) is 5.06. The van der Waals surface area contributed by atoms with E-state index in [0.717, 1.165) is 11.3 Å². The first-order valence-corrected chi connectivity index (χ1v) is 8.92. The largest absolute Gasteiger partial charge is 0.492 e. The number of carbonyl (C=O) groups is 1. The second kappa shape index (κ2) is 9.55. The van der Waals surface area contributed by atoms with Gasteiger partial charge in [-0.1, -0.05) is 18.5 Å². The summed E-state index contributed by atoms with van der Waals surface area (Å²) in [4.78, 5) is 13.2. The number of amides is 1. The Kier molecular flexibility index (Phi) is 7.40. The minimum absolute atomic E-state index is 0.0276. The second-order valence-corrected chi connectivity index (χ2v) is 6.77. The molecule has 128 valence electrons. The Balaban J connectivity index is 1.75. The van der Waals surface area contributed by atoms with Gasteiger partial charge in [0.05, 0.1) is 11.8 Å². The molecule has 0 aliphatic rings. The van der Waals surface area contributed by atoms with Gasteiger partial charge in [-0.3, -0.25) is 4.79 Å². The zero-order valence-electron chi connectivity index (χ0n) is 13.3. The third-order valence-corrected chi connectivity index (χ3v) is 4.87. The maximum atomic E-state index is 12.8. The number of thioether (sulfide) groups is 1. The van der Waals surface area contributed by atoms with Crippen LogP contribution in [0.2, 0.25) is 5.02 Å². The van der Waals surface area contributed by atoms with Crippen LogP contribution in [-0.2, 0) is 4.79 Å². The van der Waals surface area contributed by atoms with Crippen LogP contribution < -0.4 is 10.1 Å². The first-order valence-electron chi connectivity index (χ1n) is 7.67. The van der Waals surface area contributed by atoms with Crippen molar-refractivity contribution >= 4 is 29.3 Å². The summed E-state index contributed by atoms with van der Waals surface area (Å²) >= 11 is 7.37. The van der Waals surface area contributed by atoms with E-state index in [9.17, 15) is 9.18 Å². The fraction of sp³-hybridized carbons (Fsp3) is 0.278. The molecule has 0 bridgehead atoms. The van der Waals surface area contributed by atoms with Gasteiger partial charge < -0.3 is 10.1 Å². The summed E-state index contributed by atoms with van der Waals surface area (Å²) in [6.45, 7) is 2.70. The van der Waals surface area contributed by atoms with Crippen molar-refractivity contribution in [3.8, 4) is 5.75 Å². The average Bonchev–Trinajstić information content (AvgIpc) is 2.59. The molecule has 6 heteroatoms. The molecule has 0 aliphatic carbocycles. The van der Waals surface area contributed by atoms with E-state index >= 15 is 0 Å². The molecule has 0 aromatic heterocycles. The number of ether oxygens (including phenoxy) is 1. The first kappa shape index (κ1) is 18.6. The van der Waals surface area contributed by atoms with Crippen LogP contribution in [0.25, 0.3) is 0 Å². The first-order chi connectivity index (χ1) is 11.6. The molecule has 24 heavy (non-hydrogen) atoms. The van der Waals surface area contributed by atoms with Crippen LogP contribution >= 0.6 is 23.4 Å². The van der Waals surface area contributed by atoms with Crippen LogP contribution in [0.5, 0.6) is 5.75 Å². The van der Waals surface area contributed by atoms with Crippen molar-refractivity contribution in [2.75, 3.05) is 13.2 Å². The third-order valence-electron chi connectivity index (χ3n) is 3.24. The SMILES string of the molecule is CC[C@H](Sc1ccc(Cl)cc1)C(=O)NCCOc1ccc(F)cc1. The van der Waals surface area contributed by atoms with Gasteiger partial charge in [-0.25, -0.2) is 4.39 Å². The molecule has 3 nitrogen and oxygen atoms in total. The van der Waals surface area contributed by atoms with Gasteiger partial charge in [-0.05, 0) is 55.0 Å². The Morgan fingerprint density at radius 1 is 1.21 bits per heavy atom. The van der Waals surface area contributed by atoms with Crippen LogP contribution in [0.1, 0.15) is 13.3 Å². The van der Waals surface area contributed by atoms with Gasteiger partial charge in [0.1, 0.15) is 18.2 Å². The monoisotopic (exact) mass is 367 g/mol. The number of nitrogens with one attached hydrogen (secondary N) is 1. The molecule has 0 fully saturated rings. The van der Waals surface area contributed by atoms with Gasteiger partial charge in [-0.15, -0.1) is 11.8 Å². The molecule has 0 aliphatic heterocycles. The highest BCUT2D eigenvalue weighted by atomic mass is 35.5. The average molecular weight is 368 g/mol. The minimum atomic E-state index is -0.305. The van der Waals surface area contributed by atoms with Gasteiger partial charge in [0.2, 0.25) is 5.91 Å². The van der Waals surface area contributed by atoms with Gasteiger partial charge >= 0.3 is 0 Å². The Morgan fingerprint density at radius 3 is 2.50 bits per heavy atom. The lowest BCUT2D eigenvalue weighted by Crippen LogP contribution is -2.35. The van der Waals surface area contributed by atoms with Gasteiger partial charge in [0.25, 0.3) is 0 Å². The van der Waals surface area contributed by atoms with E-state index in [0.29, 0.717) is 23.9 Å². The van der Waals surface area contributed by atoms with Crippen molar-refractivity contribution in [1.29, 1.82) is 0 Å². The zero-order valence-corrected chi connectivity index (χ0v) is 14.9. The van der Waals surface area contributed by atoms with Crippen molar-refractivity contribution in [3.63, 3.8) is 0 Å². The molecule has 2 aromatic carbocycles. The number of carbonyl (C=O) groups excluding carboxylic acids is 1. The lowest BCUT2D eigenvalue weighted by molar-refractivity contribution is -0.120. The molecule has 2 rings (SSSR count). The molecular weight excluding hydrogens is 349 g/mol. The Labute approximate surface area is 150 Å². The van der Waals surface area contributed by atoms with Gasteiger partial charge in [0, 0.05) is 9.92 Å². The molecule has 0 saturated carbocycles. The topological polar surface area (TPSA) is 38.3 Å². The van der Waals surface area contributed by atoms with Crippen molar-refractivity contribution in [1.82, 2.24) is 5.32 Å². The maximum Gasteiger partial charge on any atom is 0.233 e. The minimum Gasteiger partial charge on any atom is -0.492 e. The predicted octanol–water partition coefficient (Wildman–Crippen LogP) is 4.55. The summed E-state index contributed by atoms with van der Waals surface area (Å²) in [7, 11) is 0. The summed E-state index contributed by atoms with van der Waals surface area (Å²) in [6, 6.07) is 13.2. The van der Waals surface area contributed by atoms with Gasteiger partial charge in [0.15, 0.2) is 0 Å².